The molecule has 0 aromatic rings. The second-order valence-electron chi connectivity index (χ2n) is 7.00. The van der Waals surface area contributed by atoms with Crippen LogP contribution in [0.25, 0.3) is 0 Å². The molecule has 0 aliphatic carbocycles. The summed E-state index contributed by atoms with van der Waals surface area (Å²) in [5, 5.41) is 13.5. The molecule has 0 bridgehead atoms. The fourth-order valence-electron chi connectivity index (χ4n) is 2.07. The van der Waals surface area contributed by atoms with E-state index in [0.29, 0.717) is 32.2 Å². The van der Waals surface area contributed by atoms with E-state index < -0.39 is 0 Å². The Bertz CT molecular complexity index is 477. The van der Waals surface area contributed by atoms with E-state index in [1.165, 1.54) is 0 Å². The van der Waals surface area contributed by atoms with E-state index in [0.717, 1.165) is 45.2 Å². The molecule has 4 amide bonds. The van der Waals surface area contributed by atoms with Crippen molar-refractivity contribution in [1.29, 1.82) is 0 Å². The van der Waals surface area contributed by atoms with Gasteiger partial charge in [0.1, 0.15) is 0 Å². The molecule has 0 aromatic carbocycles. The highest BCUT2D eigenvalue weighted by molar-refractivity contribution is 5.78. The first-order valence-electron chi connectivity index (χ1n) is 13.7. The van der Waals surface area contributed by atoms with Gasteiger partial charge in [0.05, 0.1) is 6.67 Å². The standard InChI is InChI=1S/C10H21N3O2.C7H16N2O.C5H11NO.2C2H6/c1-3-5-9(14)12-8-13-10(15)6-4-7-11-2;1-2-4-7(10)9-6-3-5-8;1-3-4-5(7)6-2;2*1-2/h11H,3-8H2,1-2H3,(H,12,14)(H,13,15);2-6,8H2,1H3,(H,9,10);3-4H2,1-2H3,(H,6,7);2*1-2H3. The highest BCUT2D eigenvalue weighted by Gasteiger charge is 2.01. The molecule has 0 spiro atoms. The van der Waals surface area contributed by atoms with Crippen molar-refractivity contribution in [1.82, 2.24) is 26.6 Å². The van der Waals surface area contributed by atoms with Gasteiger partial charge in [0.2, 0.25) is 23.6 Å². The molecule has 0 saturated carbocycles. The molecule has 10 nitrogen and oxygen atoms in total. The number of rotatable bonds is 15. The number of amides is 4. The Morgan fingerprint density at radius 2 is 1.00 bits per heavy atom. The number of hydrogen-bond donors (Lipinski definition) is 6. The molecule has 7 N–H and O–H groups in total. The second-order valence-corrected chi connectivity index (χ2v) is 7.00. The Hall–Kier alpha value is -2.20. The van der Waals surface area contributed by atoms with E-state index >= 15 is 0 Å². The maximum Gasteiger partial charge on any atom is 0.221 e. The highest BCUT2D eigenvalue weighted by atomic mass is 16.2. The van der Waals surface area contributed by atoms with Crippen LogP contribution < -0.4 is 32.3 Å². The van der Waals surface area contributed by atoms with Crippen LogP contribution in [0.1, 0.15) is 106 Å². The van der Waals surface area contributed by atoms with Crippen molar-refractivity contribution in [2.75, 3.05) is 40.4 Å². The molecular weight excluding hydrogens is 460 g/mol. The fraction of sp³-hybridized carbons (Fsp3) is 0.846. The minimum Gasteiger partial charge on any atom is -0.359 e. The Balaban J connectivity index is -0.000000132. The molecule has 0 aromatic heterocycles. The van der Waals surface area contributed by atoms with Crippen molar-refractivity contribution in [3.63, 3.8) is 0 Å². The van der Waals surface area contributed by atoms with Crippen molar-refractivity contribution < 1.29 is 19.2 Å². The van der Waals surface area contributed by atoms with Gasteiger partial charge < -0.3 is 32.3 Å². The molecule has 10 heteroatoms. The van der Waals surface area contributed by atoms with Crippen LogP contribution in [-0.4, -0.2) is 64.0 Å². The molecule has 0 unspecified atom stereocenters. The van der Waals surface area contributed by atoms with Gasteiger partial charge in [0.15, 0.2) is 0 Å². The lowest BCUT2D eigenvalue weighted by Crippen LogP contribution is -2.37. The molecule has 0 aliphatic heterocycles. The molecule has 0 atom stereocenters. The van der Waals surface area contributed by atoms with Gasteiger partial charge >= 0.3 is 0 Å². The minimum atomic E-state index is -0.0259. The van der Waals surface area contributed by atoms with E-state index in [4.69, 9.17) is 5.73 Å². The predicted octanol–water partition coefficient (Wildman–Crippen LogP) is 2.81. The molecule has 0 aliphatic rings. The first-order chi connectivity index (χ1) is 17.3. The summed E-state index contributed by atoms with van der Waals surface area (Å²) in [5.74, 6) is 0.216. The van der Waals surface area contributed by atoms with Crippen molar-refractivity contribution in [2.45, 2.75) is 106 Å². The van der Waals surface area contributed by atoms with Crippen LogP contribution in [0.2, 0.25) is 0 Å². The number of hydrogen-bond acceptors (Lipinski definition) is 6. The minimum absolute atomic E-state index is 0.0203. The third-order valence-corrected chi connectivity index (χ3v) is 3.81. The van der Waals surface area contributed by atoms with Gasteiger partial charge in [0, 0.05) is 39.3 Å². The van der Waals surface area contributed by atoms with Gasteiger partial charge in [0.25, 0.3) is 0 Å². The van der Waals surface area contributed by atoms with Gasteiger partial charge in [-0.3, -0.25) is 19.2 Å². The smallest absolute Gasteiger partial charge is 0.221 e. The predicted molar refractivity (Wildman–Crippen MR) is 152 cm³/mol. The molecule has 0 saturated heterocycles. The van der Waals surface area contributed by atoms with Crippen molar-refractivity contribution >= 4 is 23.6 Å². The molecule has 0 fully saturated rings. The molecule has 0 radical (unpaired) electrons. The van der Waals surface area contributed by atoms with Crippen molar-refractivity contribution in [3.05, 3.63) is 0 Å². The summed E-state index contributed by atoms with van der Waals surface area (Å²) in [4.78, 5) is 43.2. The summed E-state index contributed by atoms with van der Waals surface area (Å²) >= 11 is 0. The van der Waals surface area contributed by atoms with Crippen molar-refractivity contribution in [2.24, 2.45) is 5.73 Å². The highest BCUT2D eigenvalue weighted by Crippen LogP contribution is 1.87. The monoisotopic (exact) mass is 520 g/mol. The van der Waals surface area contributed by atoms with Gasteiger partial charge in [-0.05, 0) is 52.2 Å². The zero-order valence-corrected chi connectivity index (χ0v) is 24.9. The van der Waals surface area contributed by atoms with Gasteiger partial charge in [-0.1, -0.05) is 48.5 Å². The maximum absolute atomic E-state index is 11.2. The Kier molecular flexibility index (Phi) is 52.3. The number of nitrogens with one attached hydrogen (secondary N) is 5. The summed E-state index contributed by atoms with van der Waals surface area (Å²) in [6.07, 6.45) is 6.62. The fourth-order valence-corrected chi connectivity index (χ4v) is 2.07. The zero-order valence-electron chi connectivity index (χ0n) is 24.9. The summed E-state index contributed by atoms with van der Waals surface area (Å²) < 4.78 is 0. The van der Waals surface area contributed by atoms with Crippen LogP contribution in [0.3, 0.4) is 0 Å². The van der Waals surface area contributed by atoms with E-state index in [9.17, 15) is 19.2 Å². The number of carbonyl (C=O) groups is 4. The lowest BCUT2D eigenvalue weighted by Gasteiger charge is -2.06. The molecule has 36 heavy (non-hydrogen) atoms. The Labute approximate surface area is 222 Å². The summed E-state index contributed by atoms with van der Waals surface area (Å²) in [7, 11) is 3.50. The largest absolute Gasteiger partial charge is 0.359 e. The Morgan fingerprint density at radius 3 is 1.36 bits per heavy atom. The average molecular weight is 521 g/mol. The third kappa shape index (κ3) is 49.0. The van der Waals surface area contributed by atoms with Crippen LogP contribution >= 0.6 is 0 Å². The van der Waals surface area contributed by atoms with Gasteiger partial charge in [-0.25, -0.2) is 0 Å². The number of carbonyl (C=O) groups excluding carboxylic acids is 4. The zero-order chi connectivity index (χ0) is 29.0. The Morgan fingerprint density at radius 1 is 0.583 bits per heavy atom. The first-order valence-corrected chi connectivity index (χ1v) is 13.7. The van der Waals surface area contributed by atoms with E-state index in [1.54, 1.807) is 7.05 Å². The van der Waals surface area contributed by atoms with Crippen LogP contribution in [0, 0.1) is 0 Å². The quantitative estimate of drug-likeness (QED) is 0.144. The van der Waals surface area contributed by atoms with E-state index in [1.807, 2.05) is 55.5 Å². The molecule has 0 heterocycles. The third-order valence-electron chi connectivity index (χ3n) is 3.81. The molecular formula is C26H60N6O4. The topological polar surface area (TPSA) is 154 Å². The van der Waals surface area contributed by atoms with Crippen LogP contribution in [0.5, 0.6) is 0 Å². The van der Waals surface area contributed by atoms with Crippen LogP contribution in [0.4, 0.5) is 0 Å². The van der Waals surface area contributed by atoms with Crippen LogP contribution in [0.15, 0.2) is 0 Å². The van der Waals surface area contributed by atoms with Gasteiger partial charge in [-0.2, -0.15) is 0 Å². The average Bonchev–Trinajstić information content (AvgIpc) is 2.88. The lowest BCUT2D eigenvalue weighted by atomic mass is 10.3. The summed E-state index contributed by atoms with van der Waals surface area (Å²) in [5.41, 5.74) is 5.24. The first kappa shape index (κ1) is 43.8. The SMILES string of the molecule is CC.CC.CCCC(=O)NC.CCCC(=O)NCCCN.CCCC(=O)NCNC(=O)CCCNC. The summed E-state index contributed by atoms with van der Waals surface area (Å²) in [6.45, 7) is 16.3. The lowest BCUT2D eigenvalue weighted by molar-refractivity contribution is -0.123. The van der Waals surface area contributed by atoms with Crippen molar-refractivity contribution in [3.8, 4) is 0 Å². The second kappa shape index (κ2) is 42.9. The summed E-state index contributed by atoms with van der Waals surface area (Å²) in [6, 6.07) is 0. The molecule has 218 valence electrons. The maximum atomic E-state index is 11.2. The molecule has 0 rings (SSSR count). The number of nitrogens with two attached hydrogens (primary N) is 1. The van der Waals surface area contributed by atoms with Gasteiger partial charge in [-0.15, -0.1) is 0 Å². The normalized spacial score (nSPS) is 8.61. The van der Waals surface area contributed by atoms with Crippen LogP contribution in [-0.2, 0) is 19.2 Å². The van der Waals surface area contributed by atoms with E-state index in [2.05, 4.69) is 26.6 Å². The van der Waals surface area contributed by atoms with E-state index in [-0.39, 0.29) is 30.3 Å².